The zero-order valence-electron chi connectivity index (χ0n) is 21.4. The molecule has 1 unspecified atom stereocenters. The minimum Gasteiger partial charge on any atom is -0.497 e. The predicted molar refractivity (Wildman–Crippen MR) is 140 cm³/mol. The van der Waals surface area contributed by atoms with E-state index in [-0.39, 0.29) is 0 Å². The van der Waals surface area contributed by atoms with Gasteiger partial charge in [0.1, 0.15) is 5.75 Å². The second-order valence-electron chi connectivity index (χ2n) is 11.4. The summed E-state index contributed by atoms with van der Waals surface area (Å²) in [5.74, 6) is 1.61. The van der Waals surface area contributed by atoms with Gasteiger partial charge in [0.15, 0.2) is 0 Å². The van der Waals surface area contributed by atoms with Crippen molar-refractivity contribution in [2.45, 2.75) is 64.6 Å². The lowest BCUT2D eigenvalue weighted by atomic mass is 9.60. The first kappa shape index (κ1) is 23.8. The van der Waals surface area contributed by atoms with E-state index in [0.717, 1.165) is 31.4 Å². The molecule has 2 saturated heterocycles. The van der Waals surface area contributed by atoms with Crippen LogP contribution in [0.5, 0.6) is 5.75 Å². The molecule has 1 aliphatic carbocycles. The molecule has 2 aromatic rings. The maximum absolute atomic E-state index is 5.36. The number of rotatable bonds is 7. The van der Waals surface area contributed by atoms with Crippen LogP contribution in [-0.2, 0) is 13.0 Å². The van der Waals surface area contributed by atoms with E-state index in [4.69, 9.17) is 4.74 Å². The Morgan fingerprint density at radius 3 is 2.44 bits per heavy atom. The number of benzene rings is 2. The Labute approximate surface area is 206 Å². The van der Waals surface area contributed by atoms with Crippen LogP contribution in [0.1, 0.15) is 62.3 Å². The van der Waals surface area contributed by atoms with Gasteiger partial charge in [-0.2, -0.15) is 0 Å². The molecule has 0 aromatic heterocycles. The summed E-state index contributed by atoms with van der Waals surface area (Å²) >= 11 is 0. The van der Waals surface area contributed by atoms with Gasteiger partial charge in [0.25, 0.3) is 0 Å². The van der Waals surface area contributed by atoms with Crippen LogP contribution in [0.3, 0.4) is 0 Å². The molecule has 1 spiro atoms. The molecule has 2 aliphatic heterocycles. The number of nitrogens with zero attached hydrogens (tertiary/aromatic N) is 2. The van der Waals surface area contributed by atoms with Gasteiger partial charge >= 0.3 is 0 Å². The van der Waals surface area contributed by atoms with Crippen LogP contribution in [0.4, 0.5) is 0 Å². The van der Waals surface area contributed by atoms with Crippen LogP contribution < -0.4 is 10.1 Å². The molecular formula is C30H43N3O. The van der Waals surface area contributed by atoms with Crippen LogP contribution in [0, 0.1) is 11.3 Å². The summed E-state index contributed by atoms with van der Waals surface area (Å²) in [7, 11) is 1.74. The van der Waals surface area contributed by atoms with Crippen molar-refractivity contribution in [1.29, 1.82) is 0 Å². The van der Waals surface area contributed by atoms with Gasteiger partial charge in [-0.1, -0.05) is 50.2 Å². The molecule has 34 heavy (non-hydrogen) atoms. The molecular weight excluding hydrogens is 418 g/mol. The van der Waals surface area contributed by atoms with Crippen LogP contribution in [-0.4, -0.2) is 55.7 Å². The van der Waals surface area contributed by atoms with Gasteiger partial charge in [-0.3, -0.25) is 9.80 Å². The molecule has 4 heteroatoms. The third kappa shape index (κ3) is 5.19. The molecule has 3 aliphatic rings. The van der Waals surface area contributed by atoms with Gasteiger partial charge in [-0.15, -0.1) is 0 Å². The Bertz CT molecular complexity index is 926. The summed E-state index contributed by atoms with van der Waals surface area (Å²) in [4.78, 5) is 5.57. The Morgan fingerprint density at radius 2 is 1.74 bits per heavy atom. The lowest BCUT2D eigenvalue weighted by molar-refractivity contribution is -0.0650. The largest absolute Gasteiger partial charge is 0.497 e. The summed E-state index contributed by atoms with van der Waals surface area (Å²) in [5, 5.41) is 3.57. The van der Waals surface area contributed by atoms with Gasteiger partial charge in [-0.25, -0.2) is 0 Å². The van der Waals surface area contributed by atoms with E-state index in [1.165, 1.54) is 57.3 Å². The molecule has 2 heterocycles. The fourth-order valence-electron chi connectivity index (χ4n) is 6.73. The van der Waals surface area contributed by atoms with Crippen molar-refractivity contribution in [2.75, 3.05) is 39.8 Å². The van der Waals surface area contributed by atoms with Crippen molar-refractivity contribution in [3.8, 4) is 5.75 Å². The van der Waals surface area contributed by atoms with E-state index in [1.54, 1.807) is 18.2 Å². The normalized spacial score (nSPS) is 23.8. The summed E-state index contributed by atoms with van der Waals surface area (Å²) in [5.41, 5.74) is 5.12. The second kappa shape index (κ2) is 10.4. The molecule has 1 saturated carbocycles. The SMILES string of the molecule is COc1ccc(CN2CCN(C3CC4(CCNCC4)C3)C(c3ccccc3CC(C)C)C2)cc1. The number of nitrogens with one attached hydrogen (secondary N) is 1. The molecule has 0 bridgehead atoms. The Balaban J connectivity index is 1.35. The third-order valence-corrected chi connectivity index (χ3v) is 8.58. The molecule has 0 radical (unpaired) electrons. The minimum atomic E-state index is 0.492. The van der Waals surface area contributed by atoms with E-state index in [9.17, 15) is 0 Å². The number of piperidine rings is 1. The van der Waals surface area contributed by atoms with Crippen molar-refractivity contribution < 1.29 is 4.74 Å². The molecule has 184 valence electrons. The van der Waals surface area contributed by atoms with Crippen LogP contribution in [0.15, 0.2) is 48.5 Å². The first-order chi connectivity index (χ1) is 16.5. The predicted octanol–water partition coefficient (Wildman–Crippen LogP) is 5.28. The maximum Gasteiger partial charge on any atom is 0.118 e. The second-order valence-corrected chi connectivity index (χ2v) is 11.4. The smallest absolute Gasteiger partial charge is 0.118 e. The van der Waals surface area contributed by atoms with Crippen molar-refractivity contribution in [2.24, 2.45) is 11.3 Å². The zero-order valence-corrected chi connectivity index (χ0v) is 21.4. The first-order valence-electron chi connectivity index (χ1n) is 13.4. The number of hydrogen-bond acceptors (Lipinski definition) is 4. The zero-order chi connectivity index (χ0) is 23.5. The van der Waals surface area contributed by atoms with E-state index in [2.05, 4.69) is 77.5 Å². The topological polar surface area (TPSA) is 27.7 Å². The highest BCUT2D eigenvalue weighted by Gasteiger charge is 2.49. The lowest BCUT2D eigenvalue weighted by Crippen LogP contribution is -2.59. The summed E-state index contributed by atoms with van der Waals surface area (Å²) in [6, 6.07) is 19.2. The molecule has 0 amide bonds. The minimum absolute atomic E-state index is 0.492. The van der Waals surface area contributed by atoms with Gasteiger partial charge in [0.05, 0.1) is 7.11 Å². The van der Waals surface area contributed by atoms with Crippen LogP contribution >= 0.6 is 0 Å². The van der Waals surface area contributed by atoms with Crippen molar-refractivity contribution in [3.05, 3.63) is 65.2 Å². The Hall–Kier alpha value is -1.88. The first-order valence-corrected chi connectivity index (χ1v) is 13.4. The average molecular weight is 462 g/mol. The molecule has 5 rings (SSSR count). The molecule has 2 aromatic carbocycles. The number of ether oxygens (including phenoxy) is 1. The van der Waals surface area contributed by atoms with E-state index >= 15 is 0 Å². The van der Waals surface area contributed by atoms with Crippen molar-refractivity contribution >= 4 is 0 Å². The van der Waals surface area contributed by atoms with Gasteiger partial charge in [-0.05, 0) is 85.3 Å². The third-order valence-electron chi connectivity index (χ3n) is 8.58. The summed E-state index contributed by atoms with van der Waals surface area (Å²) in [6.07, 6.45) is 6.70. The average Bonchev–Trinajstić information content (AvgIpc) is 2.84. The Kier molecular flexibility index (Phi) is 7.29. The number of hydrogen-bond donors (Lipinski definition) is 1. The van der Waals surface area contributed by atoms with Crippen molar-refractivity contribution in [3.63, 3.8) is 0 Å². The highest BCUT2D eigenvalue weighted by Crippen LogP contribution is 2.51. The molecule has 1 atom stereocenters. The summed E-state index contributed by atoms with van der Waals surface area (Å²) < 4.78 is 5.36. The van der Waals surface area contributed by atoms with Crippen molar-refractivity contribution in [1.82, 2.24) is 15.1 Å². The fourth-order valence-corrected chi connectivity index (χ4v) is 6.73. The summed E-state index contributed by atoms with van der Waals surface area (Å²) in [6.45, 7) is 11.6. The van der Waals surface area contributed by atoms with E-state index in [1.807, 2.05) is 0 Å². The molecule has 1 N–H and O–H groups in total. The monoisotopic (exact) mass is 461 g/mol. The van der Waals surface area contributed by atoms with E-state index in [0.29, 0.717) is 17.4 Å². The van der Waals surface area contributed by atoms with Crippen LogP contribution in [0.25, 0.3) is 0 Å². The number of piperazine rings is 1. The Morgan fingerprint density at radius 1 is 1.00 bits per heavy atom. The lowest BCUT2D eigenvalue weighted by Gasteiger charge is -2.57. The van der Waals surface area contributed by atoms with E-state index < -0.39 is 0 Å². The standard InChI is InChI=1S/C30H43N3O/c1-23(2)18-25-6-4-5-7-28(25)29-22-32(21-24-8-10-27(34-3)11-9-24)16-17-33(29)26-19-30(20-26)12-14-31-15-13-30/h4-11,23,26,29,31H,12-22H2,1-3H3. The molecule has 4 nitrogen and oxygen atoms in total. The maximum atomic E-state index is 5.36. The quantitative estimate of drug-likeness (QED) is 0.607. The van der Waals surface area contributed by atoms with Crippen LogP contribution in [0.2, 0.25) is 0 Å². The molecule has 3 fully saturated rings. The van der Waals surface area contributed by atoms with Gasteiger partial charge in [0, 0.05) is 38.3 Å². The highest BCUT2D eigenvalue weighted by molar-refractivity contribution is 5.32. The highest BCUT2D eigenvalue weighted by atomic mass is 16.5. The van der Waals surface area contributed by atoms with Gasteiger partial charge < -0.3 is 10.1 Å². The van der Waals surface area contributed by atoms with Gasteiger partial charge in [0.2, 0.25) is 0 Å². The fraction of sp³-hybridized carbons (Fsp3) is 0.600. The number of methoxy groups -OCH3 is 1.